The predicted molar refractivity (Wildman–Crippen MR) is 74.1 cm³/mol. The van der Waals surface area contributed by atoms with Crippen LogP contribution in [0.5, 0.6) is 5.75 Å². The maximum Gasteiger partial charge on any atom is 0.284 e. The van der Waals surface area contributed by atoms with Gasteiger partial charge in [0.05, 0.1) is 5.56 Å². The van der Waals surface area contributed by atoms with E-state index in [1.165, 1.54) is 0 Å². The lowest BCUT2D eigenvalue weighted by molar-refractivity contribution is -0.202. The van der Waals surface area contributed by atoms with Crippen molar-refractivity contribution in [2.24, 2.45) is 0 Å². The fraction of sp³-hybridized carbons (Fsp3) is 0.467. The van der Waals surface area contributed by atoms with Crippen molar-refractivity contribution >= 4 is 5.91 Å². The summed E-state index contributed by atoms with van der Waals surface area (Å²) in [5.74, 6) is -0.0477. The van der Waals surface area contributed by atoms with Crippen LogP contribution in [-0.2, 0) is 14.4 Å². The summed E-state index contributed by atoms with van der Waals surface area (Å²) in [7, 11) is 0. The molecule has 0 spiro atoms. The maximum atomic E-state index is 11.9. The van der Waals surface area contributed by atoms with Crippen molar-refractivity contribution in [2.75, 3.05) is 6.61 Å². The quantitative estimate of drug-likeness (QED) is 0.838. The van der Waals surface area contributed by atoms with Crippen LogP contribution in [0.25, 0.3) is 0 Å². The Bertz CT molecular complexity index is 521. The Labute approximate surface area is 123 Å². The monoisotopic (exact) mass is 290 g/mol. The van der Waals surface area contributed by atoms with Crippen molar-refractivity contribution in [3.63, 3.8) is 0 Å². The molecule has 1 N–H and O–H groups in total. The molecule has 1 aromatic rings. The molecule has 0 aromatic heterocycles. The molecule has 1 saturated heterocycles. The molecule has 21 heavy (non-hydrogen) atoms. The van der Waals surface area contributed by atoms with Gasteiger partial charge in [-0.25, -0.2) is 10.3 Å². The average molecular weight is 290 g/mol. The fourth-order valence-electron chi connectivity index (χ4n) is 1.92. The number of ether oxygens (including phenoxy) is 2. The molecule has 2 atom stereocenters. The summed E-state index contributed by atoms with van der Waals surface area (Å²) in [5, 5.41) is 8.97. The van der Waals surface area contributed by atoms with E-state index in [2.05, 4.69) is 5.48 Å². The molecule has 1 aliphatic rings. The number of amides is 1. The largest absolute Gasteiger partial charge is 0.479 e. The van der Waals surface area contributed by atoms with Gasteiger partial charge in [0.2, 0.25) is 0 Å². The van der Waals surface area contributed by atoms with Crippen LogP contribution in [0.4, 0.5) is 0 Å². The maximum absolute atomic E-state index is 11.9. The summed E-state index contributed by atoms with van der Waals surface area (Å²) in [6.45, 7) is 2.23. The number of carbonyl (C=O) groups excluding carboxylic acids is 1. The van der Waals surface area contributed by atoms with Gasteiger partial charge < -0.3 is 9.47 Å². The number of nitriles is 1. The summed E-state index contributed by atoms with van der Waals surface area (Å²) in [6.07, 6.45) is 1.61. The first-order valence-electron chi connectivity index (χ1n) is 6.93. The SMILES string of the molecule is C[C@H](Oc1ccccc1C#N)C(=O)NO[C@H]1CCCCO1. The zero-order chi connectivity index (χ0) is 15.1. The zero-order valence-corrected chi connectivity index (χ0v) is 11.9. The number of hydrogen-bond acceptors (Lipinski definition) is 5. The third kappa shape index (κ3) is 4.45. The van der Waals surface area contributed by atoms with E-state index in [0.29, 0.717) is 17.9 Å². The van der Waals surface area contributed by atoms with Gasteiger partial charge in [-0.3, -0.25) is 4.79 Å². The Balaban J connectivity index is 1.83. The summed E-state index contributed by atoms with van der Waals surface area (Å²) in [6, 6.07) is 8.77. The van der Waals surface area contributed by atoms with E-state index < -0.39 is 18.3 Å². The Hall–Kier alpha value is -2.10. The number of rotatable bonds is 5. The van der Waals surface area contributed by atoms with Gasteiger partial charge in [-0.15, -0.1) is 0 Å². The highest BCUT2D eigenvalue weighted by molar-refractivity contribution is 5.79. The van der Waals surface area contributed by atoms with Crippen molar-refractivity contribution in [1.82, 2.24) is 5.48 Å². The molecule has 6 heteroatoms. The number of nitrogens with zero attached hydrogens (tertiary/aromatic N) is 1. The minimum Gasteiger partial charge on any atom is -0.479 e. The van der Waals surface area contributed by atoms with Crippen LogP contribution in [0, 0.1) is 11.3 Å². The van der Waals surface area contributed by atoms with E-state index in [1.54, 1.807) is 31.2 Å². The average Bonchev–Trinajstić information content (AvgIpc) is 2.54. The third-order valence-corrected chi connectivity index (χ3v) is 3.11. The van der Waals surface area contributed by atoms with E-state index in [0.717, 1.165) is 19.3 Å². The number of hydroxylamine groups is 1. The van der Waals surface area contributed by atoms with Gasteiger partial charge in [-0.2, -0.15) is 5.26 Å². The molecule has 1 aliphatic heterocycles. The first kappa shape index (κ1) is 15.3. The van der Waals surface area contributed by atoms with Crippen LogP contribution in [-0.4, -0.2) is 24.9 Å². The minimum atomic E-state index is -0.775. The second-order valence-electron chi connectivity index (χ2n) is 4.75. The van der Waals surface area contributed by atoms with Crippen molar-refractivity contribution in [3.8, 4) is 11.8 Å². The second-order valence-corrected chi connectivity index (χ2v) is 4.75. The molecule has 6 nitrogen and oxygen atoms in total. The zero-order valence-electron chi connectivity index (χ0n) is 11.9. The van der Waals surface area contributed by atoms with Crippen LogP contribution in [0.3, 0.4) is 0 Å². The highest BCUT2D eigenvalue weighted by atomic mass is 16.8. The van der Waals surface area contributed by atoms with Crippen LogP contribution in [0.1, 0.15) is 31.7 Å². The highest BCUT2D eigenvalue weighted by Crippen LogP contribution is 2.18. The van der Waals surface area contributed by atoms with Crippen molar-refractivity contribution in [1.29, 1.82) is 5.26 Å². The van der Waals surface area contributed by atoms with E-state index in [-0.39, 0.29) is 0 Å². The van der Waals surface area contributed by atoms with Gasteiger partial charge in [0, 0.05) is 13.0 Å². The van der Waals surface area contributed by atoms with Crippen molar-refractivity contribution < 1.29 is 19.1 Å². The van der Waals surface area contributed by atoms with Crippen LogP contribution in [0.15, 0.2) is 24.3 Å². The molecule has 1 amide bonds. The van der Waals surface area contributed by atoms with E-state index in [4.69, 9.17) is 19.6 Å². The fourth-order valence-corrected chi connectivity index (χ4v) is 1.92. The number of carbonyl (C=O) groups is 1. The van der Waals surface area contributed by atoms with Gasteiger partial charge in [0.1, 0.15) is 11.8 Å². The van der Waals surface area contributed by atoms with Gasteiger partial charge in [-0.05, 0) is 31.9 Å². The molecule has 1 aromatic carbocycles. The number of benzene rings is 1. The molecule has 2 rings (SSSR count). The molecule has 0 bridgehead atoms. The number of nitrogens with one attached hydrogen (secondary N) is 1. The molecular formula is C15H18N2O4. The number of hydrogen-bond donors (Lipinski definition) is 1. The smallest absolute Gasteiger partial charge is 0.284 e. The lowest BCUT2D eigenvalue weighted by atomic mass is 10.2. The molecule has 1 heterocycles. The lowest BCUT2D eigenvalue weighted by Crippen LogP contribution is -2.40. The van der Waals surface area contributed by atoms with Crippen molar-refractivity contribution in [3.05, 3.63) is 29.8 Å². The summed E-state index contributed by atoms with van der Waals surface area (Å²) in [5.41, 5.74) is 2.72. The minimum absolute atomic E-state index is 0.372. The standard InChI is InChI=1S/C15H18N2O4/c1-11(20-13-7-3-2-6-12(13)10-16)15(18)17-21-14-8-4-5-9-19-14/h2-3,6-7,11,14H,4-5,8-9H2,1H3,(H,17,18)/t11-,14-/m0/s1. The van der Waals surface area contributed by atoms with Crippen LogP contribution >= 0.6 is 0 Å². The molecule has 0 saturated carbocycles. The first-order valence-corrected chi connectivity index (χ1v) is 6.93. The van der Waals surface area contributed by atoms with Gasteiger partial charge >= 0.3 is 0 Å². The van der Waals surface area contributed by atoms with E-state index >= 15 is 0 Å². The molecule has 112 valence electrons. The molecule has 0 radical (unpaired) electrons. The first-order chi connectivity index (χ1) is 10.2. The summed E-state index contributed by atoms with van der Waals surface area (Å²) >= 11 is 0. The van der Waals surface area contributed by atoms with Crippen molar-refractivity contribution in [2.45, 2.75) is 38.6 Å². The third-order valence-electron chi connectivity index (χ3n) is 3.11. The van der Waals surface area contributed by atoms with Gasteiger partial charge in [0.15, 0.2) is 12.4 Å². The second kappa shape index (κ2) is 7.62. The molecule has 0 aliphatic carbocycles. The van der Waals surface area contributed by atoms with E-state index in [1.807, 2.05) is 6.07 Å². The Kier molecular flexibility index (Phi) is 5.55. The summed E-state index contributed by atoms with van der Waals surface area (Å²) in [4.78, 5) is 17.1. The Morgan fingerprint density at radius 3 is 3.00 bits per heavy atom. The number of para-hydroxylation sites is 1. The molecule has 0 unspecified atom stereocenters. The summed E-state index contributed by atoms with van der Waals surface area (Å²) < 4.78 is 10.8. The van der Waals surface area contributed by atoms with Gasteiger partial charge in [0.25, 0.3) is 5.91 Å². The van der Waals surface area contributed by atoms with E-state index in [9.17, 15) is 4.79 Å². The Morgan fingerprint density at radius 1 is 1.48 bits per heavy atom. The molecule has 1 fully saturated rings. The molecular weight excluding hydrogens is 272 g/mol. The van der Waals surface area contributed by atoms with Crippen LogP contribution in [0.2, 0.25) is 0 Å². The predicted octanol–water partition coefficient (Wildman–Crippen LogP) is 1.90. The van der Waals surface area contributed by atoms with Gasteiger partial charge in [-0.1, -0.05) is 12.1 Å². The highest BCUT2D eigenvalue weighted by Gasteiger charge is 2.20. The van der Waals surface area contributed by atoms with Crippen LogP contribution < -0.4 is 10.2 Å². The lowest BCUT2D eigenvalue weighted by Gasteiger charge is -2.23. The topological polar surface area (TPSA) is 80.6 Å². The normalized spacial score (nSPS) is 19.3. The Morgan fingerprint density at radius 2 is 2.29 bits per heavy atom.